The summed E-state index contributed by atoms with van der Waals surface area (Å²) in [6.45, 7) is 11.8. The van der Waals surface area contributed by atoms with Gasteiger partial charge in [-0.15, -0.1) is 0 Å². The Morgan fingerprint density at radius 1 is 1.15 bits per heavy atom. The number of carbonyl (C=O) groups excluding carboxylic acids is 1. The number of amides is 1. The van der Waals surface area contributed by atoms with Crippen molar-refractivity contribution in [1.82, 2.24) is 9.80 Å². The van der Waals surface area contributed by atoms with Crippen molar-refractivity contribution in [2.24, 2.45) is 17.3 Å². The van der Waals surface area contributed by atoms with Crippen molar-refractivity contribution in [3.05, 3.63) is 65.2 Å². The van der Waals surface area contributed by atoms with Crippen LogP contribution in [0.3, 0.4) is 0 Å². The molecule has 214 valence electrons. The Labute approximate surface area is 240 Å². The van der Waals surface area contributed by atoms with Gasteiger partial charge in [0.2, 0.25) is 8.32 Å². The van der Waals surface area contributed by atoms with Gasteiger partial charge in [-0.25, -0.2) is 0 Å². The second-order valence-electron chi connectivity index (χ2n) is 14.3. The van der Waals surface area contributed by atoms with Gasteiger partial charge in [0.1, 0.15) is 5.75 Å². The minimum atomic E-state index is -1.87. The largest absolute Gasteiger partial charge is 0.544 e. The van der Waals surface area contributed by atoms with Crippen molar-refractivity contribution < 1.29 is 13.6 Å². The number of fused-ring (bicyclic) bond motifs is 1. The summed E-state index contributed by atoms with van der Waals surface area (Å²) in [6, 6.07) is 17.7. The third-order valence-corrected chi connectivity index (χ3v) is 15.7. The van der Waals surface area contributed by atoms with E-state index >= 15 is 0 Å². The highest BCUT2D eigenvalue weighted by atomic mass is 28.4. The van der Waals surface area contributed by atoms with Crippen LogP contribution in [-0.2, 0) is 11.8 Å². The standard InChI is InChI=1S/C34H45FN2O2Si/c1-23(2)40(3,4)39-27-12-11-25-19-30-33-14-13-29-31(34(33,28(25)20-27)15-18-36(30)17-8-16-35)26(21-33)22-37(29)32(38)24-9-6-5-7-10-24/h5-7,9-12,20,23,26,29-31H,8,13-19,21-22H2,1-4H3/t26-,29?,30?,31?,33?,34?/m1/s1. The van der Waals surface area contributed by atoms with Crippen LogP contribution in [0.1, 0.15) is 67.4 Å². The third-order valence-electron chi connectivity index (χ3n) is 12.2. The van der Waals surface area contributed by atoms with E-state index < -0.39 is 8.32 Å². The first kappa shape index (κ1) is 26.7. The summed E-state index contributed by atoms with van der Waals surface area (Å²) in [7, 11) is -1.87. The highest BCUT2D eigenvalue weighted by Crippen LogP contribution is 2.75. The normalized spacial score (nSPS) is 34.1. The lowest BCUT2D eigenvalue weighted by Crippen LogP contribution is -2.69. The Kier molecular flexibility index (Phi) is 6.29. The topological polar surface area (TPSA) is 32.8 Å². The fourth-order valence-electron chi connectivity index (χ4n) is 10.1. The first-order valence-electron chi connectivity index (χ1n) is 15.7. The predicted octanol–water partition coefficient (Wildman–Crippen LogP) is 6.85. The van der Waals surface area contributed by atoms with Gasteiger partial charge in [0.05, 0.1) is 6.67 Å². The molecule has 2 saturated carbocycles. The predicted molar refractivity (Wildman–Crippen MR) is 160 cm³/mol. The summed E-state index contributed by atoms with van der Waals surface area (Å²) in [5.74, 6) is 2.27. The molecule has 2 saturated heterocycles. The lowest BCUT2D eigenvalue weighted by molar-refractivity contribution is -0.101. The average Bonchev–Trinajstić information content (AvgIpc) is 3.39. The maximum Gasteiger partial charge on any atom is 0.254 e. The quantitative estimate of drug-likeness (QED) is 0.347. The third kappa shape index (κ3) is 3.60. The van der Waals surface area contributed by atoms with Gasteiger partial charge in [-0.3, -0.25) is 14.1 Å². The molecule has 6 atom stereocenters. The van der Waals surface area contributed by atoms with E-state index in [1.165, 1.54) is 17.5 Å². The van der Waals surface area contributed by atoms with E-state index in [-0.39, 0.29) is 23.4 Å². The Morgan fingerprint density at radius 2 is 1.95 bits per heavy atom. The van der Waals surface area contributed by atoms with Crippen molar-refractivity contribution in [3.8, 4) is 5.75 Å². The molecule has 0 spiro atoms. The number of rotatable bonds is 7. The Hall–Kier alpha value is -2.18. The SMILES string of the molecule is CC(C)[Si](C)(C)Oc1ccc2c(c1)C13CCN(CCCF)C(C2)C12CCC1C3[C@@H](CN1C(=O)c1ccccc1)C2. The van der Waals surface area contributed by atoms with E-state index in [2.05, 4.69) is 54.9 Å². The summed E-state index contributed by atoms with van der Waals surface area (Å²) in [6.07, 6.45) is 6.25. The maximum atomic E-state index is 13.9. The molecule has 4 bridgehead atoms. The van der Waals surface area contributed by atoms with Gasteiger partial charge in [-0.1, -0.05) is 38.1 Å². The van der Waals surface area contributed by atoms with Crippen molar-refractivity contribution in [3.63, 3.8) is 0 Å². The van der Waals surface area contributed by atoms with Crippen LogP contribution in [0.25, 0.3) is 0 Å². The van der Waals surface area contributed by atoms with Crippen molar-refractivity contribution in [2.45, 2.75) is 88.5 Å². The number of alkyl halides is 1. The minimum absolute atomic E-state index is 0.0691. The second-order valence-corrected chi connectivity index (χ2v) is 18.8. The van der Waals surface area contributed by atoms with Gasteiger partial charge < -0.3 is 9.33 Å². The second kappa shape index (κ2) is 9.42. The first-order valence-corrected chi connectivity index (χ1v) is 18.7. The fraction of sp³-hybridized carbons (Fsp3) is 0.618. The zero-order valence-electron chi connectivity index (χ0n) is 24.7. The fourth-order valence-corrected chi connectivity index (χ4v) is 11.1. The molecule has 2 heterocycles. The zero-order chi connectivity index (χ0) is 27.9. The zero-order valence-corrected chi connectivity index (χ0v) is 25.7. The number of halogens is 1. The molecule has 7 rings (SSSR count). The lowest BCUT2D eigenvalue weighted by Gasteiger charge is -2.66. The van der Waals surface area contributed by atoms with Crippen LogP contribution in [0.15, 0.2) is 48.5 Å². The van der Waals surface area contributed by atoms with Gasteiger partial charge in [0.25, 0.3) is 5.91 Å². The van der Waals surface area contributed by atoms with Crippen LogP contribution in [0.4, 0.5) is 4.39 Å². The van der Waals surface area contributed by atoms with Crippen LogP contribution in [-0.4, -0.2) is 62.4 Å². The molecule has 2 aromatic carbocycles. The molecule has 4 fully saturated rings. The summed E-state index contributed by atoms with van der Waals surface area (Å²) in [5, 5.41) is 0. The molecule has 3 aliphatic carbocycles. The number of nitrogens with zero attached hydrogens (tertiary/aromatic N) is 2. The first-order chi connectivity index (χ1) is 19.2. The number of carbonyl (C=O) groups is 1. The number of hydrogen-bond acceptors (Lipinski definition) is 3. The molecule has 2 aliphatic heterocycles. The Morgan fingerprint density at radius 3 is 2.70 bits per heavy atom. The molecule has 2 aromatic rings. The number of piperidine rings is 1. The van der Waals surface area contributed by atoms with E-state index in [4.69, 9.17) is 4.43 Å². The maximum absolute atomic E-state index is 13.9. The van der Waals surface area contributed by atoms with Crippen LogP contribution in [0.5, 0.6) is 5.75 Å². The van der Waals surface area contributed by atoms with Gasteiger partial charge in [0, 0.05) is 36.2 Å². The molecule has 0 N–H and O–H groups in total. The summed E-state index contributed by atoms with van der Waals surface area (Å²) < 4.78 is 20.2. The molecule has 5 aliphatic rings. The Balaban J connectivity index is 1.33. The van der Waals surface area contributed by atoms with Gasteiger partial charge >= 0.3 is 0 Å². The smallest absolute Gasteiger partial charge is 0.254 e. The number of hydrogen-bond donors (Lipinski definition) is 0. The number of benzene rings is 2. The van der Waals surface area contributed by atoms with Gasteiger partial charge in [-0.05, 0) is 116 Å². The van der Waals surface area contributed by atoms with Crippen LogP contribution in [0, 0.1) is 17.3 Å². The van der Waals surface area contributed by atoms with Crippen LogP contribution in [0.2, 0.25) is 18.6 Å². The van der Waals surface area contributed by atoms with Gasteiger partial charge in [-0.2, -0.15) is 0 Å². The van der Waals surface area contributed by atoms with E-state index in [1.807, 2.05) is 30.3 Å². The van der Waals surface area contributed by atoms with Crippen LogP contribution < -0.4 is 4.43 Å². The molecule has 5 unspecified atom stereocenters. The van der Waals surface area contributed by atoms with Gasteiger partial charge in [0.15, 0.2) is 0 Å². The molecule has 1 amide bonds. The van der Waals surface area contributed by atoms with Crippen molar-refractivity contribution >= 4 is 14.2 Å². The summed E-state index contributed by atoms with van der Waals surface area (Å²) in [4.78, 5) is 18.8. The van der Waals surface area contributed by atoms with E-state index in [9.17, 15) is 9.18 Å². The molecule has 4 nitrogen and oxygen atoms in total. The Bertz CT molecular complexity index is 1300. The molecular formula is C34H45FN2O2Si. The molecular weight excluding hydrogens is 515 g/mol. The van der Waals surface area contributed by atoms with Crippen molar-refractivity contribution in [2.75, 3.05) is 26.3 Å². The van der Waals surface area contributed by atoms with E-state index in [0.29, 0.717) is 35.9 Å². The van der Waals surface area contributed by atoms with Crippen molar-refractivity contribution in [1.29, 1.82) is 0 Å². The number of likely N-dealkylation sites (tertiary alicyclic amines) is 2. The lowest BCUT2D eigenvalue weighted by atomic mass is 9.43. The molecule has 0 radical (unpaired) electrons. The molecule has 40 heavy (non-hydrogen) atoms. The molecule has 0 aromatic heterocycles. The minimum Gasteiger partial charge on any atom is -0.544 e. The monoisotopic (exact) mass is 560 g/mol. The molecule has 6 heteroatoms. The highest BCUT2D eigenvalue weighted by molar-refractivity contribution is 6.73. The summed E-state index contributed by atoms with van der Waals surface area (Å²) in [5.41, 5.74) is 4.64. The summed E-state index contributed by atoms with van der Waals surface area (Å²) >= 11 is 0. The van der Waals surface area contributed by atoms with Crippen LogP contribution >= 0.6 is 0 Å². The average molecular weight is 561 g/mol. The highest BCUT2D eigenvalue weighted by Gasteiger charge is 2.76. The van der Waals surface area contributed by atoms with E-state index in [0.717, 1.165) is 56.6 Å². The van der Waals surface area contributed by atoms with E-state index in [1.54, 1.807) is 0 Å².